The molecule has 2 aromatic rings. The molecule has 0 spiro atoms. The van der Waals surface area contributed by atoms with Gasteiger partial charge in [0.25, 0.3) is 0 Å². The number of aryl methyl sites for hydroxylation is 1. The van der Waals surface area contributed by atoms with Gasteiger partial charge < -0.3 is 9.73 Å². The summed E-state index contributed by atoms with van der Waals surface area (Å²) in [5.41, 5.74) is 1.87. The predicted molar refractivity (Wildman–Crippen MR) is 69.6 cm³/mol. The number of nitrogens with zero attached hydrogens (tertiary/aromatic N) is 1. The molecule has 0 aliphatic rings. The smallest absolute Gasteiger partial charge is 0.408 e. The van der Waals surface area contributed by atoms with Crippen LogP contribution in [0.25, 0.3) is 11.1 Å². The van der Waals surface area contributed by atoms with E-state index in [1.165, 1.54) is 0 Å². The average molecular weight is 248 g/mol. The number of anilines is 1. The molecule has 1 aromatic carbocycles. The van der Waals surface area contributed by atoms with Crippen LogP contribution in [0.4, 0.5) is 5.69 Å². The molecule has 1 amide bonds. The van der Waals surface area contributed by atoms with Crippen LogP contribution in [-0.4, -0.2) is 10.5 Å². The normalized spacial score (nSPS) is 11.1. The van der Waals surface area contributed by atoms with Gasteiger partial charge in [0.1, 0.15) is 0 Å². The summed E-state index contributed by atoms with van der Waals surface area (Å²) in [7, 11) is 0. The molecule has 0 atom stereocenters. The van der Waals surface area contributed by atoms with Crippen LogP contribution in [0.3, 0.4) is 0 Å². The molecule has 0 bridgehead atoms. The standard InChI is InChI=1S/C13H16N2O3/c1-4-15-10-6-5-9(14-12(16)8(2)3)7-11(10)18-13(15)17/h5-8H,4H2,1-3H3,(H,14,16). The Balaban J connectivity index is 2.40. The van der Waals surface area contributed by atoms with Crippen molar-refractivity contribution in [1.29, 1.82) is 0 Å². The molecule has 0 radical (unpaired) electrons. The van der Waals surface area contributed by atoms with Crippen molar-refractivity contribution < 1.29 is 9.21 Å². The van der Waals surface area contributed by atoms with Gasteiger partial charge in [-0.05, 0) is 19.1 Å². The first kappa shape index (κ1) is 12.4. The van der Waals surface area contributed by atoms with Crippen molar-refractivity contribution in [2.24, 2.45) is 5.92 Å². The minimum absolute atomic E-state index is 0.0633. The summed E-state index contributed by atoms with van der Waals surface area (Å²) in [6, 6.07) is 5.21. The Morgan fingerprint density at radius 3 is 2.78 bits per heavy atom. The van der Waals surface area contributed by atoms with Gasteiger partial charge in [0.05, 0.1) is 5.52 Å². The maximum absolute atomic E-state index is 11.6. The van der Waals surface area contributed by atoms with Crippen LogP contribution in [0, 0.1) is 5.92 Å². The summed E-state index contributed by atoms with van der Waals surface area (Å²) < 4.78 is 6.67. The molecular formula is C13H16N2O3. The molecule has 0 saturated heterocycles. The maximum atomic E-state index is 11.6. The van der Waals surface area contributed by atoms with E-state index in [1.807, 2.05) is 20.8 Å². The molecule has 5 heteroatoms. The van der Waals surface area contributed by atoms with Crippen molar-refractivity contribution in [1.82, 2.24) is 4.57 Å². The Morgan fingerprint density at radius 1 is 1.44 bits per heavy atom. The second-order valence-corrected chi connectivity index (χ2v) is 4.44. The molecule has 18 heavy (non-hydrogen) atoms. The zero-order chi connectivity index (χ0) is 13.3. The minimum atomic E-state index is -0.375. The van der Waals surface area contributed by atoms with E-state index in [4.69, 9.17) is 4.42 Å². The second-order valence-electron chi connectivity index (χ2n) is 4.44. The van der Waals surface area contributed by atoms with Gasteiger partial charge in [0.2, 0.25) is 5.91 Å². The summed E-state index contributed by atoms with van der Waals surface area (Å²) in [4.78, 5) is 23.1. The van der Waals surface area contributed by atoms with Crippen molar-refractivity contribution in [3.8, 4) is 0 Å². The van der Waals surface area contributed by atoms with Crippen molar-refractivity contribution in [2.75, 3.05) is 5.32 Å². The Kier molecular flexibility index (Phi) is 3.23. The van der Waals surface area contributed by atoms with Gasteiger partial charge in [-0.3, -0.25) is 9.36 Å². The molecule has 0 aliphatic carbocycles. The number of carbonyl (C=O) groups is 1. The molecule has 2 rings (SSSR count). The highest BCUT2D eigenvalue weighted by Crippen LogP contribution is 2.18. The highest BCUT2D eigenvalue weighted by atomic mass is 16.4. The lowest BCUT2D eigenvalue weighted by Crippen LogP contribution is -2.17. The Hall–Kier alpha value is -2.04. The van der Waals surface area contributed by atoms with Crippen molar-refractivity contribution in [3.05, 3.63) is 28.7 Å². The van der Waals surface area contributed by atoms with Gasteiger partial charge in [0, 0.05) is 24.2 Å². The van der Waals surface area contributed by atoms with Gasteiger partial charge >= 0.3 is 5.76 Å². The fourth-order valence-electron chi connectivity index (χ4n) is 1.73. The number of benzene rings is 1. The van der Waals surface area contributed by atoms with Crippen LogP contribution in [0.15, 0.2) is 27.4 Å². The number of aromatic nitrogens is 1. The van der Waals surface area contributed by atoms with E-state index >= 15 is 0 Å². The van der Waals surface area contributed by atoms with E-state index in [2.05, 4.69) is 5.32 Å². The summed E-state index contributed by atoms with van der Waals surface area (Å²) in [5.74, 6) is -0.528. The van der Waals surface area contributed by atoms with Gasteiger partial charge in [-0.2, -0.15) is 0 Å². The lowest BCUT2D eigenvalue weighted by molar-refractivity contribution is -0.118. The first-order valence-electron chi connectivity index (χ1n) is 5.97. The van der Waals surface area contributed by atoms with Crippen molar-refractivity contribution >= 4 is 22.7 Å². The largest absolute Gasteiger partial charge is 0.419 e. The van der Waals surface area contributed by atoms with Crippen LogP contribution in [0.1, 0.15) is 20.8 Å². The first-order valence-corrected chi connectivity index (χ1v) is 5.97. The highest BCUT2D eigenvalue weighted by Gasteiger charge is 2.11. The number of rotatable bonds is 3. The summed E-state index contributed by atoms with van der Waals surface area (Å²) in [6.45, 7) is 6.08. The summed E-state index contributed by atoms with van der Waals surface area (Å²) >= 11 is 0. The number of amides is 1. The number of fused-ring (bicyclic) bond motifs is 1. The number of hydrogen-bond donors (Lipinski definition) is 1. The minimum Gasteiger partial charge on any atom is -0.408 e. The Labute approximate surface area is 104 Å². The van der Waals surface area contributed by atoms with Crippen LogP contribution < -0.4 is 11.1 Å². The molecule has 1 heterocycles. The number of carbonyl (C=O) groups excluding carboxylic acids is 1. The van der Waals surface area contributed by atoms with Gasteiger partial charge in [0.15, 0.2) is 5.58 Å². The zero-order valence-electron chi connectivity index (χ0n) is 10.7. The Bertz CT molecular complexity index is 637. The van der Waals surface area contributed by atoms with Gasteiger partial charge in [-0.25, -0.2) is 4.79 Å². The fraction of sp³-hybridized carbons (Fsp3) is 0.385. The molecule has 0 fully saturated rings. The van der Waals surface area contributed by atoms with E-state index < -0.39 is 0 Å². The number of nitrogens with one attached hydrogen (secondary N) is 1. The quantitative estimate of drug-likeness (QED) is 0.905. The van der Waals surface area contributed by atoms with E-state index in [0.717, 1.165) is 5.52 Å². The lowest BCUT2D eigenvalue weighted by atomic mass is 10.2. The molecule has 0 unspecified atom stereocenters. The van der Waals surface area contributed by atoms with E-state index in [0.29, 0.717) is 17.8 Å². The maximum Gasteiger partial charge on any atom is 0.419 e. The monoisotopic (exact) mass is 248 g/mol. The highest BCUT2D eigenvalue weighted by molar-refractivity contribution is 5.93. The number of oxazole rings is 1. The van der Waals surface area contributed by atoms with E-state index in [9.17, 15) is 9.59 Å². The number of hydrogen-bond acceptors (Lipinski definition) is 3. The summed E-state index contributed by atoms with van der Waals surface area (Å²) in [5, 5.41) is 2.77. The fourth-order valence-corrected chi connectivity index (χ4v) is 1.73. The third kappa shape index (κ3) is 2.16. The first-order chi connectivity index (χ1) is 8.52. The molecular weight excluding hydrogens is 232 g/mol. The zero-order valence-corrected chi connectivity index (χ0v) is 10.7. The van der Waals surface area contributed by atoms with Crippen LogP contribution in [0.5, 0.6) is 0 Å². The molecule has 1 aromatic heterocycles. The molecule has 0 aliphatic heterocycles. The molecule has 96 valence electrons. The van der Waals surface area contributed by atoms with Gasteiger partial charge in [-0.1, -0.05) is 13.8 Å². The van der Waals surface area contributed by atoms with Crippen LogP contribution >= 0.6 is 0 Å². The third-order valence-corrected chi connectivity index (χ3v) is 2.78. The average Bonchev–Trinajstić information content (AvgIpc) is 2.63. The predicted octanol–water partition coefficient (Wildman–Crippen LogP) is 2.21. The van der Waals surface area contributed by atoms with Crippen molar-refractivity contribution in [3.63, 3.8) is 0 Å². The van der Waals surface area contributed by atoms with Gasteiger partial charge in [-0.15, -0.1) is 0 Å². The third-order valence-electron chi connectivity index (χ3n) is 2.78. The molecule has 1 N–H and O–H groups in total. The van der Waals surface area contributed by atoms with Crippen LogP contribution in [-0.2, 0) is 11.3 Å². The molecule has 0 saturated carbocycles. The van der Waals surface area contributed by atoms with Crippen LogP contribution in [0.2, 0.25) is 0 Å². The molecule has 5 nitrogen and oxygen atoms in total. The second kappa shape index (κ2) is 4.68. The topological polar surface area (TPSA) is 64.2 Å². The van der Waals surface area contributed by atoms with E-state index in [1.54, 1.807) is 22.8 Å². The summed E-state index contributed by atoms with van der Waals surface area (Å²) in [6.07, 6.45) is 0. The van der Waals surface area contributed by atoms with E-state index in [-0.39, 0.29) is 17.6 Å². The van der Waals surface area contributed by atoms with Crippen molar-refractivity contribution in [2.45, 2.75) is 27.3 Å². The SMILES string of the molecule is CCn1c(=O)oc2cc(NC(=O)C(C)C)ccc21. The Morgan fingerprint density at radius 2 is 2.17 bits per heavy atom. The lowest BCUT2D eigenvalue weighted by Gasteiger charge is -2.07.